The second kappa shape index (κ2) is 14.1. The predicted octanol–water partition coefficient (Wildman–Crippen LogP) is 3.96. The second-order valence-corrected chi connectivity index (χ2v) is 7.90. The molecule has 0 amide bonds. The summed E-state index contributed by atoms with van der Waals surface area (Å²) in [5, 5.41) is 16.6. The Bertz CT molecular complexity index is 888. The molecular formula is C25H37IN4O3. The van der Waals surface area contributed by atoms with E-state index in [9.17, 15) is 5.11 Å². The lowest BCUT2D eigenvalue weighted by Crippen LogP contribution is -2.39. The molecule has 1 unspecified atom stereocenters. The van der Waals surface area contributed by atoms with Crippen LogP contribution in [0.5, 0.6) is 17.2 Å². The van der Waals surface area contributed by atoms with Crippen LogP contribution >= 0.6 is 24.0 Å². The van der Waals surface area contributed by atoms with E-state index in [1.165, 1.54) is 18.4 Å². The first-order valence-electron chi connectivity index (χ1n) is 11.4. The van der Waals surface area contributed by atoms with Crippen LogP contribution in [0.4, 0.5) is 0 Å². The SMILES string of the molecule is CCNC(=NCC(c1ccccc1OC)N1CCCC1)NCCc1ccc(O)c(OC)c1.I. The minimum Gasteiger partial charge on any atom is -0.504 e. The molecule has 1 heterocycles. The summed E-state index contributed by atoms with van der Waals surface area (Å²) in [6, 6.07) is 13.9. The highest BCUT2D eigenvalue weighted by atomic mass is 127. The molecule has 2 aromatic carbocycles. The van der Waals surface area contributed by atoms with Gasteiger partial charge in [0.2, 0.25) is 0 Å². The third-order valence-corrected chi connectivity index (χ3v) is 5.80. The van der Waals surface area contributed by atoms with Crippen molar-refractivity contribution in [1.29, 1.82) is 0 Å². The summed E-state index contributed by atoms with van der Waals surface area (Å²) in [6.07, 6.45) is 3.25. The summed E-state index contributed by atoms with van der Waals surface area (Å²) >= 11 is 0. The highest BCUT2D eigenvalue weighted by molar-refractivity contribution is 14.0. The van der Waals surface area contributed by atoms with E-state index in [1.807, 2.05) is 24.3 Å². The number of likely N-dealkylation sites (tertiary alicyclic amines) is 1. The Morgan fingerprint density at radius 1 is 1.06 bits per heavy atom. The summed E-state index contributed by atoms with van der Waals surface area (Å²) in [6.45, 7) is 6.42. The summed E-state index contributed by atoms with van der Waals surface area (Å²) < 4.78 is 10.9. The normalized spacial score (nSPS) is 14.9. The van der Waals surface area contributed by atoms with Crippen molar-refractivity contribution in [3.63, 3.8) is 0 Å². The molecule has 0 bridgehead atoms. The molecule has 1 saturated heterocycles. The number of methoxy groups -OCH3 is 2. The zero-order valence-corrected chi connectivity index (χ0v) is 22.2. The van der Waals surface area contributed by atoms with Crippen LogP contribution in [-0.2, 0) is 6.42 Å². The molecule has 1 aliphatic rings. The summed E-state index contributed by atoms with van der Waals surface area (Å²) in [5.41, 5.74) is 2.28. The molecule has 8 heteroatoms. The van der Waals surface area contributed by atoms with Gasteiger partial charge < -0.3 is 25.2 Å². The third-order valence-electron chi connectivity index (χ3n) is 5.80. The van der Waals surface area contributed by atoms with Crippen LogP contribution in [0, 0.1) is 0 Å². The largest absolute Gasteiger partial charge is 0.504 e. The molecule has 33 heavy (non-hydrogen) atoms. The van der Waals surface area contributed by atoms with Gasteiger partial charge in [0.1, 0.15) is 5.75 Å². The molecule has 0 spiro atoms. The molecule has 0 radical (unpaired) electrons. The van der Waals surface area contributed by atoms with E-state index in [1.54, 1.807) is 20.3 Å². The van der Waals surface area contributed by atoms with E-state index in [-0.39, 0.29) is 35.8 Å². The highest BCUT2D eigenvalue weighted by Crippen LogP contribution is 2.32. The third kappa shape index (κ3) is 7.67. The lowest BCUT2D eigenvalue weighted by atomic mass is 10.0. The smallest absolute Gasteiger partial charge is 0.191 e. The second-order valence-electron chi connectivity index (χ2n) is 7.90. The van der Waals surface area contributed by atoms with Crippen LogP contribution in [0.1, 0.15) is 36.9 Å². The van der Waals surface area contributed by atoms with Crippen LogP contribution in [0.2, 0.25) is 0 Å². The van der Waals surface area contributed by atoms with Crippen LogP contribution in [0.25, 0.3) is 0 Å². The number of rotatable bonds is 10. The number of para-hydroxylation sites is 1. The van der Waals surface area contributed by atoms with Crippen LogP contribution in [0.15, 0.2) is 47.5 Å². The molecule has 0 aliphatic carbocycles. The topological polar surface area (TPSA) is 78.4 Å². The van der Waals surface area contributed by atoms with E-state index < -0.39 is 0 Å². The average molecular weight is 569 g/mol. The number of nitrogens with zero attached hydrogens (tertiary/aromatic N) is 2. The summed E-state index contributed by atoms with van der Waals surface area (Å²) in [5.74, 6) is 2.37. The number of guanidine groups is 1. The first kappa shape index (κ1) is 27.0. The van der Waals surface area contributed by atoms with Gasteiger partial charge in [-0.05, 0) is 63.0 Å². The quantitative estimate of drug-likeness (QED) is 0.229. The number of hydrogen-bond donors (Lipinski definition) is 3. The number of benzene rings is 2. The molecule has 0 aromatic heterocycles. The van der Waals surface area contributed by atoms with Gasteiger partial charge in [-0.25, -0.2) is 0 Å². The zero-order valence-electron chi connectivity index (χ0n) is 19.8. The van der Waals surface area contributed by atoms with E-state index >= 15 is 0 Å². The maximum Gasteiger partial charge on any atom is 0.191 e. The molecule has 1 aliphatic heterocycles. The first-order valence-corrected chi connectivity index (χ1v) is 11.4. The van der Waals surface area contributed by atoms with Crippen molar-refractivity contribution in [1.82, 2.24) is 15.5 Å². The van der Waals surface area contributed by atoms with Gasteiger partial charge in [-0.15, -0.1) is 24.0 Å². The number of phenolic OH excluding ortho intramolecular Hbond substituents is 1. The Balaban J connectivity index is 0.00000385. The van der Waals surface area contributed by atoms with Gasteiger partial charge in [0.05, 0.1) is 26.8 Å². The number of aliphatic imine (C=N–C) groups is 1. The van der Waals surface area contributed by atoms with Gasteiger partial charge in [-0.2, -0.15) is 0 Å². The van der Waals surface area contributed by atoms with Crippen molar-refractivity contribution in [2.75, 3.05) is 46.9 Å². The molecule has 1 fully saturated rings. The number of hydrogen-bond acceptors (Lipinski definition) is 5. The Kier molecular flexibility index (Phi) is 11.6. The summed E-state index contributed by atoms with van der Waals surface area (Å²) in [4.78, 5) is 7.43. The maximum atomic E-state index is 9.78. The average Bonchev–Trinajstić information content (AvgIpc) is 3.35. The van der Waals surface area contributed by atoms with Crippen molar-refractivity contribution in [2.24, 2.45) is 4.99 Å². The Labute approximate surface area is 214 Å². The number of nitrogens with one attached hydrogen (secondary N) is 2. The summed E-state index contributed by atoms with van der Waals surface area (Å²) in [7, 11) is 3.29. The number of ether oxygens (including phenoxy) is 2. The fraction of sp³-hybridized carbons (Fsp3) is 0.480. The molecule has 0 saturated carbocycles. The molecule has 3 N–H and O–H groups in total. The van der Waals surface area contributed by atoms with Gasteiger partial charge in [-0.1, -0.05) is 24.3 Å². The fourth-order valence-electron chi connectivity index (χ4n) is 4.13. The monoisotopic (exact) mass is 568 g/mol. The van der Waals surface area contributed by atoms with E-state index in [2.05, 4.69) is 34.6 Å². The first-order chi connectivity index (χ1) is 15.7. The minimum absolute atomic E-state index is 0. The van der Waals surface area contributed by atoms with Gasteiger partial charge in [0, 0.05) is 18.7 Å². The van der Waals surface area contributed by atoms with Crippen molar-refractivity contribution in [3.8, 4) is 17.2 Å². The van der Waals surface area contributed by atoms with Crippen LogP contribution in [-0.4, -0.2) is 62.9 Å². The number of aromatic hydroxyl groups is 1. The molecule has 1 atom stereocenters. The minimum atomic E-state index is 0. The van der Waals surface area contributed by atoms with Crippen molar-refractivity contribution < 1.29 is 14.6 Å². The fourth-order valence-corrected chi connectivity index (χ4v) is 4.13. The predicted molar refractivity (Wildman–Crippen MR) is 144 cm³/mol. The van der Waals surface area contributed by atoms with Gasteiger partial charge in [-0.3, -0.25) is 9.89 Å². The Morgan fingerprint density at radius 2 is 1.79 bits per heavy atom. The van der Waals surface area contributed by atoms with Crippen molar-refractivity contribution in [3.05, 3.63) is 53.6 Å². The molecule has 3 rings (SSSR count). The zero-order chi connectivity index (χ0) is 22.8. The highest BCUT2D eigenvalue weighted by Gasteiger charge is 2.25. The molecule has 7 nitrogen and oxygen atoms in total. The maximum absolute atomic E-state index is 9.78. The van der Waals surface area contributed by atoms with Crippen LogP contribution in [0.3, 0.4) is 0 Å². The van der Waals surface area contributed by atoms with Gasteiger partial charge in [0.25, 0.3) is 0 Å². The lowest BCUT2D eigenvalue weighted by molar-refractivity contribution is 0.245. The van der Waals surface area contributed by atoms with E-state index in [0.717, 1.165) is 49.9 Å². The number of phenols is 1. The number of halogens is 1. The van der Waals surface area contributed by atoms with Crippen LogP contribution < -0.4 is 20.1 Å². The lowest BCUT2D eigenvalue weighted by Gasteiger charge is -2.28. The molecule has 2 aromatic rings. The molecule has 182 valence electrons. The van der Waals surface area contributed by atoms with Gasteiger partial charge in [0.15, 0.2) is 17.5 Å². The Hall–Kier alpha value is -2.20. The van der Waals surface area contributed by atoms with Crippen molar-refractivity contribution in [2.45, 2.75) is 32.2 Å². The van der Waals surface area contributed by atoms with E-state index in [4.69, 9.17) is 14.5 Å². The van der Waals surface area contributed by atoms with Crippen molar-refractivity contribution >= 4 is 29.9 Å². The van der Waals surface area contributed by atoms with Gasteiger partial charge >= 0.3 is 0 Å². The van der Waals surface area contributed by atoms with E-state index in [0.29, 0.717) is 12.3 Å². The standard InChI is InChI=1S/C25H36N4O3.HI/c1-4-26-25(27-14-13-19-11-12-22(30)24(17-19)32-3)28-18-21(29-15-7-8-16-29)20-9-5-6-10-23(20)31-2;/h5-6,9-12,17,21,30H,4,7-8,13-16,18H2,1-3H3,(H2,26,27,28);1H. The Morgan fingerprint density at radius 3 is 2.48 bits per heavy atom. The molecular weight excluding hydrogens is 531 g/mol.